The molecule has 1 aliphatic rings. The molecule has 3 aromatic rings. The fraction of sp³-hybridized carbons (Fsp3) is 0.333. The van der Waals surface area contributed by atoms with Gasteiger partial charge in [0.05, 0.1) is 6.04 Å². The fourth-order valence-electron chi connectivity index (χ4n) is 3.46. The van der Waals surface area contributed by atoms with Crippen LogP contribution in [0.15, 0.2) is 42.5 Å². The van der Waals surface area contributed by atoms with Crippen LogP contribution in [0.4, 0.5) is 5.69 Å². The van der Waals surface area contributed by atoms with Crippen LogP contribution >= 0.6 is 11.3 Å². The molecule has 0 aliphatic carbocycles. The van der Waals surface area contributed by atoms with Crippen molar-refractivity contribution in [2.24, 2.45) is 0 Å². The lowest BCUT2D eigenvalue weighted by Gasteiger charge is -2.21. The Morgan fingerprint density at radius 3 is 2.70 bits per heavy atom. The van der Waals surface area contributed by atoms with Gasteiger partial charge in [-0.05, 0) is 49.6 Å². The molecule has 0 bridgehead atoms. The maximum Gasteiger partial charge on any atom is 0.286 e. The van der Waals surface area contributed by atoms with Gasteiger partial charge in [0, 0.05) is 18.5 Å². The van der Waals surface area contributed by atoms with Gasteiger partial charge in [0.1, 0.15) is 18.2 Å². The van der Waals surface area contributed by atoms with E-state index in [4.69, 9.17) is 9.47 Å². The average molecular weight is 467 g/mol. The summed E-state index contributed by atoms with van der Waals surface area (Å²) in [6.45, 7) is 4.94. The molecular weight excluding hydrogens is 440 g/mol. The zero-order chi connectivity index (χ0) is 23.2. The first-order valence-corrected chi connectivity index (χ1v) is 11.7. The summed E-state index contributed by atoms with van der Waals surface area (Å²) in [5.74, 6) is 1.12. The Labute approximate surface area is 196 Å². The van der Waals surface area contributed by atoms with E-state index in [0.29, 0.717) is 43.2 Å². The number of ether oxygens (including phenoxy) is 2. The number of hydrogen-bond acceptors (Lipinski definition) is 7. The molecule has 0 spiro atoms. The Morgan fingerprint density at radius 2 is 1.88 bits per heavy atom. The van der Waals surface area contributed by atoms with Crippen molar-refractivity contribution in [1.29, 1.82) is 0 Å². The first kappa shape index (κ1) is 22.7. The summed E-state index contributed by atoms with van der Waals surface area (Å²) in [5.41, 5.74) is 2.69. The van der Waals surface area contributed by atoms with Crippen molar-refractivity contribution in [3.8, 4) is 11.5 Å². The molecule has 9 heteroatoms. The van der Waals surface area contributed by atoms with E-state index in [2.05, 4.69) is 20.8 Å². The van der Waals surface area contributed by atoms with Gasteiger partial charge in [-0.15, -0.1) is 10.2 Å². The molecule has 1 aliphatic heterocycles. The Bertz CT molecular complexity index is 1150. The topological polar surface area (TPSA) is 102 Å². The lowest BCUT2D eigenvalue weighted by Crippen LogP contribution is -2.26. The largest absolute Gasteiger partial charge is 0.486 e. The molecule has 1 atom stereocenters. The molecule has 172 valence electrons. The maximum absolute atomic E-state index is 12.4. The molecule has 1 aromatic heterocycles. The van der Waals surface area contributed by atoms with Crippen LogP contribution in [0.1, 0.15) is 51.7 Å². The zero-order valence-electron chi connectivity index (χ0n) is 18.6. The number of anilines is 1. The molecule has 33 heavy (non-hydrogen) atoms. The minimum absolute atomic E-state index is 0.0422. The quantitative estimate of drug-likeness (QED) is 0.519. The number of aryl methyl sites for hydroxylation is 2. The van der Waals surface area contributed by atoms with Crippen molar-refractivity contribution >= 4 is 28.8 Å². The molecule has 2 aromatic carbocycles. The van der Waals surface area contributed by atoms with E-state index in [0.717, 1.165) is 27.6 Å². The molecule has 4 rings (SSSR count). The molecule has 2 heterocycles. The number of carbonyl (C=O) groups is 2. The van der Waals surface area contributed by atoms with Crippen LogP contribution in [0.25, 0.3) is 0 Å². The van der Waals surface area contributed by atoms with Crippen molar-refractivity contribution in [2.45, 2.75) is 39.2 Å². The molecule has 2 N–H and O–H groups in total. The van der Waals surface area contributed by atoms with E-state index in [-0.39, 0.29) is 17.9 Å². The molecule has 8 nitrogen and oxygen atoms in total. The Kier molecular flexibility index (Phi) is 7.19. The number of aromatic nitrogens is 2. The predicted octanol–water partition coefficient (Wildman–Crippen LogP) is 4.07. The monoisotopic (exact) mass is 466 g/mol. The lowest BCUT2D eigenvalue weighted by molar-refractivity contribution is -0.121. The summed E-state index contributed by atoms with van der Waals surface area (Å²) < 4.78 is 11.2. The SMILES string of the molecule is Cc1ccccc1NC(=O)c1nnc(CCCC(=O)NC(C)c2ccc3c(c2)OCCO3)s1. The van der Waals surface area contributed by atoms with Gasteiger partial charge < -0.3 is 20.1 Å². The maximum atomic E-state index is 12.4. The van der Waals surface area contributed by atoms with Gasteiger partial charge in [-0.1, -0.05) is 35.6 Å². The number of fused-ring (bicyclic) bond motifs is 1. The third kappa shape index (κ3) is 5.87. The van der Waals surface area contributed by atoms with E-state index >= 15 is 0 Å². The smallest absolute Gasteiger partial charge is 0.286 e. The number of nitrogens with zero attached hydrogens (tertiary/aromatic N) is 2. The second kappa shape index (κ2) is 10.4. The second-order valence-corrected chi connectivity index (χ2v) is 8.88. The van der Waals surface area contributed by atoms with Crippen molar-refractivity contribution < 1.29 is 19.1 Å². The second-order valence-electron chi connectivity index (χ2n) is 7.82. The van der Waals surface area contributed by atoms with Gasteiger partial charge in [-0.25, -0.2) is 0 Å². The fourth-order valence-corrected chi connectivity index (χ4v) is 4.24. The van der Waals surface area contributed by atoms with Crippen LogP contribution in [0.2, 0.25) is 0 Å². The Morgan fingerprint density at radius 1 is 1.09 bits per heavy atom. The Balaban J connectivity index is 1.23. The van der Waals surface area contributed by atoms with Crippen LogP contribution < -0.4 is 20.1 Å². The van der Waals surface area contributed by atoms with E-state index in [1.807, 2.05) is 56.3 Å². The third-order valence-corrected chi connectivity index (χ3v) is 6.27. The lowest BCUT2D eigenvalue weighted by atomic mass is 10.1. The van der Waals surface area contributed by atoms with Gasteiger partial charge in [-0.2, -0.15) is 0 Å². The van der Waals surface area contributed by atoms with Crippen molar-refractivity contribution in [1.82, 2.24) is 15.5 Å². The normalized spacial score (nSPS) is 13.3. The molecule has 0 fully saturated rings. The summed E-state index contributed by atoms with van der Waals surface area (Å²) in [6.07, 6.45) is 1.56. The number of rotatable bonds is 8. The van der Waals surface area contributed by atoms with E-state index < -0.39 is 0 Å². The number of carbonyl (C=O) groups excluding carboxylic acids is 2. The molecule has 0 saturated heterocycles. The van der Waals surface area contributed by atoms with Crippen LogP contribution in [-0.2, 0) is 11.2 Å². The molecule has 1 unspecified atom stereocenters. The number of nitrogens with one attached hydrogen (secondary N) is 2. The van der Waals surface area contributed by atoms with Crippen LogP contribution in [-0.4, -0.2) is 35.2 Å². The highest BCUT2D eigenvalue weighted by atomic mass is 32.1. The first-order chi connectivity index (χ1) is 16.0. The zero-order valence-corrected chi connectivity index (χ0v) is 19.4. The predicted molar refractivity (Wildman–Crippen MR) is 126 cm³/mol. The summed E-state index contributed by atoms with van der Waals surface area (Å²) >= 11 is 1.25. The van der Waals surface area contributed by atoms with Gasteiger partial charge >= 0.3 is 0 Å². The van der Waals surface area contributed by atoms with Crippen molar-refractivity contribution in [3.05, 3.63) is 63.6 Å². The van der Waals surface area contributed by atoms with E-state index in [9.17, 15) is 9.59 Å². The number of para-hydroxylation sites is 1. The molecule has 0 saturated carbocycles. The summed E-state index contributed by atoms with van der Waals surface area (Å²) in [6, 6.07) is 13.1. The van der Waals surface area contributed by atoms with Crippen LogP contribution in [0.5, 0.6) is 11.5 Å². The summed E-state index contributed by atoms with van der Waals surface area (Å²) in [7, 11) is 0. The highest BCUT2D eigenvalue weighted by molar-refractivity contribution is 7.13. The summed E-state index contributed by atoms with van der Waals surface area (Å²) in [5, 5.41) is 15.0. The first-order valence-electron chi connectivity index (χ1n) is 10.9. The van der Waals surface area contributed by atoms with Gasteiger partial charge in [0.25, 0.3) is 5.91 Å². The van der Waals surface area contributed by atoms with Gasteiger partial charge in [0.15, 0.2) is 11.5 Å². The minimum Gasteiger partial charge on any atom is -0.486 e. The number of benzene rings is 2. The standard InChI is InChI=1S/C24H26N4O4S/c1-15-6-3-4-7-18(15)26-23(30)24-28-27-22(33-24)9-5-8-21(29)25-16(2)17-10-11-19-20(14-17)32-13-12-31-19/h3-4,6-7,10-11,14,16H,5,8-9,12-13H2,1-2H3,(H,25,29)(H,26,30). The van der Waals surface area contributed by atoms with Crippen molar-refractivity contribution in [3.63, 3.8) is 0 Å². The molecule has 0 radical (unpaired) electrons. The molecule has 2 amide bonds. The highest BCUT2D eigenvalue weighted by Crippen LogP contribution is 2.32. The van der Waals surface area contributed by atoms with Gasteiger partial charge in [-0.3, -0.25) is 9.59 Å². The Hall–Kier alpha value is -3.46. The van der Waals surface area contributed by atoms with E-state index in [1.165, 1.54) is 11.3 Å². The third-order valence-electron chi connectivity index (χ3n) is 5.29. The minimum atomic E-state index is -0.279. The highest BCUT2D eigenvalue weighted by Gasteiger charge is 2.17. The molecular formula is C24H26N4O4S. The average Bonchev–Trinajstić information content (AvgIpc) is 3.29. The number of hydrogen-bond donors (Lipinski definition) is 2. The van der Waals surface area contributed by atoms with Crippen LogP contribution in [0.3, 0.4) is 0 Å². The van der Waals surface area contributed by atoms with Crippen LogP contribution in [0, 0.1) is 6.92 Å². The number of amides is 2. The van der Waals surface area contributed by atoms with Gasteiger partial charge in [0.2, 0.25) is 10.9 Å². The van der Waals surface area contributed by atoms with Crippen molar-refractivity contribution in [2.75, 3.05) is 18.5 Å². The van der Waals surface area contributed by atoms with E-state index in [1.54, 1.807) is 0 Å². The summed E-state index contributed by atoms with van der Waals surface area (Å²) in [4.78, 5) is 24.8.